The fourth-order valence-corrected chi connectivity index (χ4v) is 6.33. The highest BCUT2D eigenvalue weighted by molar-refractivity contribution is 7.07. The molecule has 198 valence electrons. The molecule has 3 aliphatic heterocycles. The van der Waals surface area contributed by atoms with Crippen LogP contribution in [0.25, 0.3) is 11.3 Å². The molecule has 7 rings (SSSR count). The van der Waals surface area contributed by atoms with E-state index < -0.39 is 17.6 Å². The Labute approximate surface area is 231 Å². The van der Waals surface area contributed by atoms with Crippen molar-refractivity contribution < 1.29 is 23.8 Å². The number of benzene rings is 3. The van der Waals surface area contributed by atoms with Gasteiger partial charge in [-0.3, -0.25) is 14.2 Å². The van der Waals surface area contributed by atoms with Crippen LogP contribution in [0.5, 0.6) is 11.5 Å². The number of fused-ring (bicyclic) bond motifs is 3. The summed E-state index contributed by atoms with van der Waals surface area (Å²) in [5.74, 6) is 0.129. The Hall–Kier alpha value is -4.96. The molecule has 1 aromatic heterocycles. The molecule has 0 aliphatic carbocycles. The minimum absolute atomic E-state index is 0.0786. The maximum Gasteiger partial charge on any atom is 0.338 e. The summed E-state index contributed by atoms with van der Waals surface area (Å²) >= 11 is 1.12. The third kappa shape index (κ3) is 3.68. The van der Waals surface area contributed by atoms with Crippen molar-refractivity contribution in [2.45, 2.75) is 13.0 Å². The van der Waals surface area contributed by atoms with Crippen LogP contribution >= 0.6 is 11.3 Å². The lowest BCUT2D eigenvalue weighted by Crippen LogP contribution is -2.40. The van der Waals surface area contributed by atoms with Crippen molar-refractivity contribution in [3.8, 4) is 11.5 Å². The van der Waals surface area contributed by atoms with E-state index in [1.165, 1.54) is 4.57 Å². The molecule has 3 aliphatic rings. The average molecular weight is 552 g/mol. The van der Waals surface area contributed by atoms with Gasteiger partial charge in [-0.15, -0.1) is 0 Å². The zero-order valence-electron chi connectivity index (χ0n) is 21.2. The van der Waals surface area contributed by atoms with E-state index in [0.29, 0.717) is 44.4 Å². The molecule has 1 N–H and O–H groups in total. The van der Waals surface area contributed by atoms with Crippen molar-refractivity contribution in [2.24, 2.45) is 4.99 Å². The summed E-state index contributed by atoms with van der Waals surface area (Å²) < 4.78 is 18.3. The molecule has 1 atom stereocenters. The Balaban J connectivity index is 1.57. The van der Waals surface area contributed by atoms with E-state index in [4.69, 9.17) is 19.2 Å². The van der Waals surface area contributed by atoms with E-state index >= 15 is 0 Å². The number of aromatic nitrogens is 1. The zero-order chi connectivity index (χ0) is 27.4. The maximum absolute atomic E-state index is 14.2. The number of rotatable bonds is 4. The van der Waals surface area contributed by atoms with E-state index in [-0.39, 0.29) is 35.0 Å². The largest absolute Gasteiger partial charge is 0.463 e. The van der Waals surface area contributed by atoms with E-state index in [9.17, 15) is 14.4 Å². The first-order chi connectivity index (χ1) is 19.5. The van der Waals surface area contributed by atoms with Crippen LogP contribution in [0.4, 0.5) is 5.69 Å². The highest BCUT2D eigenvalue weighted by Crippen LogP contribution is 2.40. The van der Waals surface area contributed by atoms with Crippen LogP contribution in [-0.2, 0) is 14.3 Å². The molecule has 0 saturated heterocycles. The Morgan fingerprint density at radius 1 is 1.05 bits per heavy atom. The molecule has 4 aromatic rings. The number of thiazole rings is 1. The number of carbonyl (C=O) groups is 2. The highest BCUT2D eigenvalue weighted by atomic mass is 32.1. The van der Waals surface area contributed by atoms with E-state index in [0.717, 1.165) is 11.3 Å². The van der Waals surface area contributed by atoms with Crippen molar-refractivity contribution in [1.82, 2.24) is 4.57 Å². The van der Waals surface area contributed by atoms with Gasteiger partial charge in [0.1, 0.15) is 4.53 Å². The van der Waals surface area contributed by atoms with Crippen molar-refractivity contribution in [1.29, 1.82) is 0 Å². The lowest BCUT2D eigenvalue weighted by Gasteiger charge is -2.26. The number of hydrogen-bond acceptors (Lipinski definition) is 8. The van der Waals surface area contributed by atoms with Gasteiger partial charge in [0.15, 0.2) is 16.3 Å². The van der Waals surface area contributed by atoms with Gasteiger partial charge in [-0.2, -0.15) is 0 Å². The molecule has 40 heavy (non-hydrogen) atoms. The highest BCUT2D eigenvalue weighted by Gasteiger charge is 2.37. The number of para-hydroxylation sites is 1. The van der Waals surface area contributed by atoms with Gasteiger partial charge >= 0.3 is 5.97 Å². The second kappa shape index (κ2) is 9.35. The molecule has 1 unspecified atom stereocenters. The molecule has 1 amide bonds. The van der Waals surface area contributed by atoms with Crippen LogP contribution in [0.2, 0.25) is 0 Å². The van der Waals surface area contributed by atoms with E-state index in [1.807, 2.05) is 42.5 Å². The number of carbonyl (C=O) groups excluding carboxylic acids is 2. The lowest BCUT2D eigenvalue weighted by molar-refractivity contribution is -0.138. The van der Waals surface area contributed by atoms with Crippen LogP contribution in [0.15, 0.2) is 88.2 Å². The summed E-state index contributed by atoms with van der Waals surface area (Å²) in [4.78, 5) is 46.1. The van der Waals surface area contributed by atoms with Crippen LogP contribution in [0, 0.1) is 0 Å². The zero-order valence-corrected chi connectivity index (χ0v) is 22.0. The Kier molecular flexibility index (Phi) is 5.64. The lowest BCUT2D eigenvalue weighted by atomic mass is 9.93. The van der Waals surface area contributed by atoms with Gasteiger partial charge in [0.25, 0.3) is 11.5 Å². The average Bonchev–Trinajstić information content (AvgIpc) is 3.66. The predicted octanol–water partition coefficient (Wildman–Crippen LogP) is 2.99. The molecule has 0 spiro atoms. The first-order valence-electron chi connectivity index (χ1n) is 12.7. The third-order valence-corrected chi connectivity index (χ3v) is 8.01. The Morgan fingerprint density at radius 3 is 2.65 bits per heavy atom. The molecule has 0 fully saturated rings. The number of esters is 1. The summed E-state index contributed by atoms with van der Waals surface area (Å²) in [5.41, 5.74) is 3.06. The number of nitrogens with zero attached hydrogens (tertiary/aromatic N) is 2. The van der Waals surface area contributed by atoms with Crippen LogP contribution in [0.1, 0.15) is 29.7 Å². The first-order valence-corrected chi connectivity index (χ1v) is 13.5. The summed E-state index contributed by atoms with van der Waals surface area (Å²) in [7, 11) is 0. The summed E-state index contributed by atoms with van der Waals surface area (Å²) in [6.45, 7) is 1.95. The van der Waals surface area contributed by atoms with Crippen molar-refractivity contribution >= 4 is 40.2 Å². The van der Waals surface area contributed by atoms with Gasteiger partial charge in [-0.05, 0) is 30.7 Å². The molecular weight excluding hydrogens is 530 g/mol. The minimum Gasteiger partial charge on any atom is -0.463 e. The predicted molar refractivity (Wildman–Crippen MR) is 148 cm³/mol. The molecule has 9 nitrogen and oxygen atoms in total. The monoisotopic (exact) mass is 551 g/mol. The summed E-state index contributed by atoms with van der Waals surface area (Å²) in [6.07, 6.45) is 0. The summed E-state index contributed by atoms with van der Waals surface area (Å²) in [5, 5.41) is 2.84. The molecule has 0 bridgehead atoms. The number of anilines is 1. The van der Waals surface area contributed by atoms with Crippen LogP contribution in [-0.4, -0.2) is 29.8 Å². The number of amides is 1. The molecular formula is C30H21N3O6S. The van der Waals surface area contributed by atoms with Crippen molar-refractivity contribution in [2.75, 3.05) is 18.7 Å². The van der Waals surface area contributed by atoms with Gasteiger partial charge in [0, 0.05) is 16.8 Å². The van der Waals surface area contributed by atoms with Crippen LogP contribution < -0.4 is 29.7 Å². The molecule has 0 radical (unpaired) electrons. The standard InChI is InChI=1S/C30H21N3O6S/c1-2-37-29(36)23-24(16-8-4-3-5-9-16)32-30-33(25(23)17-12-13-20-21(14-17)39-15-38-20)28(35)26(40-30)22-18-10-6-7-11-19(18)31-27(22)34/h3-14,25H,2,15H2,1H3,(H,31,34)/b26-22+. The quantitative estimate of drug-likeness (QED) is 0.391. The van der Waals surface area contributed by atoms with Crippen molar-refractivity contribution in [3.63, 3.8) is 0 Å². The topological polar surface area (TPSA) is 108 Å². The van der Waals surface area contributed by atoms with Gasteiger partial charge in [0.05, 0.1) is 29.5 Å². The normalized spacial score (nSPS) is 18.1. The Morgan fingerprint density at radius 2 is 1.82 bits per heavy atom. The van der Waals surface area contributed by atoms with Gasteiger partial charge in [-0.25, -0.2) is 9.79 Å². The number of hydrogen-bond donors (Lipinski definition) is 1. The van der Waals surface area contributed by atoms with Gasteiger partial charge in [0.2, 0.25) is 6.79 Å². The Bertz CT molecular complexity index is 1940. The number of nitrogens with one attached hydrogen (secondary N) is 1. The fraction of sp³-hybridized carbons (Fsp3) is 0.133. The molecule has 3 aromatic carbocycles. The van der Waals surface area contributed by atoms with Gasteiger partial charge < -0.3 is 19.5 Å². The first kappa shape index (κ1) is 24.1. The molecule has 4 heterocycles. The molecule has 10 heteroatoms. The van der Waals surface area contributed by atoms with E-state index in [2.05, 4.69) is 5.32 Å². The SMILES string of the molecule is CCOC(=O)C1=C(c2ccccc2)N=c2s/c(=C3/C(=O)Nc4ccccc43)c(=O)n2C1c1ccc2c(c1)OCO2. The van der Waals surface area contributed by atoms with Crippen molar-refractivity contribution in [3.05, 3.63) is 115 Å². The second-order valence-electron chi connectivity index (χ2n) is 9.24. The smallest absolute Gasteiger partial charge is 0.338 e. The molecule has 0 saturated carbocycles. The summed E-state index contributed by atoms with van der Waals surface area (Å²) in [6, 6.07) is 20.9. The van der Waals surface area contributed by atoms with E-state index in [1.54, 1.807) is 37.3 Å². The second-order valence-corrected chi connectivity index (χ2v) is 10.2. The third-order valence-electron chi connectivity index (χ3n) is 6.96. The van der Waals surface area contributed by atoms with Crippen LogP contribution in [0.3, 0.4) is 0 Å². The minimum atomic E-state index is -0.894. The fourth-order valence-electron chi connectivity index (χ4n) is 5.23. The van der Waals surface area contributed by atoms with Gasteiger partial charge in [-0.1, -0.05) is 65.9 Å². The maximum atomic E-state index is 14.2. The number of ether oxygens (including phenoxy) is 3.